The zero-order valence-corrected chi connectivity index (χ0v) is 11.8. The quantitative estimate of drug-likeness (QED) is 0.556. The van der Waals surface area contributed by atoms with Gasteiger partial charge in [0, 0.05) is 0 Å². The van der Waals surface area contributed by atoms with E-state index in [1.54, 1.807) is 0 Å². The molecule has 2 aromatic rings. The summed E-state index contributed by atoms with van der Waals surface area (Å²) in [6, 6.07) is 1.59. The molecule has 0 aromatic heterocycles. The van der Waals surface area contributed by atoms with Gasteiger partial charge in [-0.1, -0.05) is 12.1 Å². The second kappa shape index (κ2) is 6.27. The lowest BCUT2D eigenvalue weighted by Crippen LogP contribution is -2.35. The molecule has 0 heterocycles. The van der Waals surface area contributed by atoms with Crippen LogP contribution in [0.1, 0.15) is 11.1 Å². The lowest BCUT2D eigenvalue weighted by Gasteiger charge is -2.14. The third-order valence-electron chi connectivity index (χ3n) is 3.29. The van der Waals surface area contributed by atoms with E-state index in [1.807, 2.05) is 0 Å². The standard InChI is InChI=1S/C14H5BF10/c16-7-3-1-5(11(18)9(7)13(20,21)22)15-6-2-4-8(17)10(12(6)19)14(23,24)25/h1-4,15H. The highest BCUT2D eigenvalue weighted by atomic mass is 19.4. The molecule has 0 fully saturated rings. The van der Waals surface area contributed by atoms with Gasteiger partial charge >= 0.3 is 12.4 Å². The minimum Gasteiger partial charge on any atom is -0.207 e. The molecule has 134 valence electrons. The third kappa shape index (κ3) is 3.74. The van der Waals surface area contributed by atoms with Gasteiger partial charge in [-0.15, -0.1) is 0 Å². The second-order valence-corrected chi connectivity index (χ2v) is 4.96. The predicted molar refractivity (Wildman–Crippen MR) is 69.1 cm³/mol. The van der Waals surface area contributed by atoms with Crippen molar-refractivity contribution in [2.45, 2.75) is 12.4 Å². The third-order valence-corrected chi connectivity index (χ3v) is 3.29. The van der Waals surface area contributed by atoms with Gasteiger partial charge in [-0.2, -0.15) is 26.3 Å². The number of rotatable bonds is 2. The molecule has 0 amide bonds. The molecule has 11 heteroatoms. The van der Waals surface area contributed by atoms with Gasteiger partial charge in [0.2, 0.25) is 0 Å². The molecule has 2 rings (SSSR count). The van der Waals surface area contributed by atoms with Crippen molar-refractivity contribution in [2.24, 2.45) is 0 Å². The van der Waals surface area contributed by atoms with E-state index in [0.29, 0.717) is 12.1 Å². The number of alkyl halides is 6. The lowest BCUT2D eigenvalue weighted by molar-refractivity contribution is -0.143. The Labute approximate surface area is 134 Å². The van der Waals surface area contributed by atoms with Crippen LogP contribution in [0, 0.1) is 23.3 Å². The average Bonchev–Trinajstić information content (AvgIpc) is 2.41. The van der Waals surface area contributed by atoms with Crippen LogP contribution in [0.15, 0.2) is 24.3 Å². The molecule has 0 aliphatic rings. The Kier molecular flexibility index (Phi) is 4.80. The molecule has 0 spiro atoms. The van der Waals surface area contributed by atoms with E-state index < -0.39 is 65.0 Å². The van der Waals surface area contributed by atoms with Gasteiger partial charge in [-0.05, 0) is 23.1 Å². The van der Waals surface area contributed by atoms with Crippen LogP contribution in [0.5, 0.6) is 0 Å². The Morgan fingerprint density at radius 3 is 1.16 bits per heavy atom. The van der Waals surface area contributed by atoms with Gasteiger partial charge in [0.15, 0.2) is 7.28 Å². The fourth-order valence-corrected chi connectivity index (χ4v) is 2.19. The van der Waals surface area contributed by atoms with Gasteiger partial charge in [0.05, 0.1) is 0 Å². The first-order valence-corrected chi connectivity index (χ1v) is 6.42. The summed E-state index contributed by atoms with van der Waals surface area (Å²) >= 11 is 0. The molecular weight excluding hydrogens is 369 g/mol. The van der Waals surface area contributed by atoms with Crippen LogP contribution >= 0.6 is 0 Å². The molecule has 2 aromatic carbocycles. The summed E-state index contributed by atoms with van der Waals surface area (Å²) < 4.78 is 130. The molecule has 0 unspecified atom stereocenters. The highest BCUT2D eigenvalue weighted by Crippen LogP contribution is 2.34. The van der Waals surface area contributed by atoms with Crippen molar-refractivity contribution in [1.29, 1.82) is 0 Å². The average molecular weight is 374 g/mol. The topological polar surface area (TPSA) is 0 Å². The molecule has 0 saturated carbocycles. The van der Waals surface area contributed by atoms with Crippen LogP contribution in [-0.2, 0) is 12.4 Å². The van der Waals surface area contributed by atoms with Crippen molar-refractivity contribution in [1.82, 2.24) is 0 Å². The van der Waals surface area contributed by atoms with Crippen LogP contribution in [0.2, 0.25) is 0 Å². The van der Waals surface area contributed by atoms with Crippen molar-refractivity contribution in [3.63, 3.8) is 0 Å². The number of hydrogen-bond acceptors (Lipinski definition) is 0. The van der Waals surface area contributed by atoms with Crippen LogP contribution in [0.25, 0.3) is 0 Å². The smallest absolute Gasteiger partial charge is 0.207 e. The Hall–Kier alpha value is -2.20. The van der Waals surface area contributed by atoms with E-state index in [1.165, 1.54) is 0 Å². The van der Waals surface area contributed by atoms with Crippen molar-refractivity contribution in [3.8, 4) is 0 Å². The van der Waals surface area contributed by atoms with Gasteiger partial charge in [0.1, 0.15) is 34.4 Å². The fraction of sp³-hybridized carbons (Fsp3) is 0.143. The Bertz CT molecular complexity index is 739. The van der Waals surface area contributed by atoms with Crippen LogP contribution in [0.3, 0.4) is 0 Å². The summed E-state index contributed by atoms with van der Waals surface area (Å²) in [5.74, 6) is -8.01. The monoisotopic (exact) mass is 374 g/mol. The van der Waals surface area contributed by atoms with E-state index in [0.717, 1.165) is 0 Å². The van der Waals surface area contributed by atoms with E-state index in [2.05, 4.69) is 0 Å². The molecule has 0 aliphatic heterocycles. The molecule has 0 radical (unpaired) electrons. The molecule has 0 nitrogen and oxygen atoms in total. The zero-order valence-electron chi connectivity index (χ0n) is 11.8. The minimum absolute atomic E-state index is 0.257. The highest BCUT2D eigenvalue weighted by Gasteiger charge is 2.40. The van der Waals surface area contributed by atoms with Crippen molar-refractivity contribution < 1.29 is 43.9 Å². The molecule has 0 bridgehead atoms. The Morgan fingerprint density at radius 1 is 0.560 bits per heavy atom. The second-order valence-electron chi connectivity index (χ2n) is 4.96. The number of hydrogen-bond donors (Lipinski definition) is 0. The molecule has 0 saturated heterocycles. The van der Waals surface area contributed by atoms with Gasteiger partial charge in [-0.3, -0.25) is 0 Å². The lowest BCUT2D eigenvalue weighted by atomic mass is 9.62. The summed E-state index contributed by atoms with van der Waals surface area (Å²) in [5, 5.41) is 0. The summed E-state index contributed by atoms with van der Waals surface area (Å²) in [5.41, 5.74) is -6.29. The number of halogens is 10. The van der Waals surface area contributed by atoms with E-state index in [-0.39, 0.29) is 12.1 Å². The first-order chi connectivity index (χ1) is 11.3. The molecular formula is C14H5BF10. The molecule has 0 atom stereocenters. The Balaban J connectivity index is 2.56. The Morgan fingerprint density at radius 2 is 0.880 bits per heavy atom. The predicted octanol–water partition coefficient (Wildman–Crippen LogP) is 3.67. The fourth-order valence-electron chi connectivity index (χ4n) is 2.19. The molecule has 0 N–H and O–H groups in total. The first kappa shape index (κ1) is 19.1. The van der Waals surface area contributed by atoms with Crippen molar-refractivity contribution in [2.75, 3.05) is 0 Å². The van der Waals surface area contributed by atoms with Crippen LogP contribution in [0.4, 0.5) is 43.9 Å². The van der Waals surface area contributed by atoms with Gasteiger partial charge in [0.25, 0.3) is 0 Å². The van der Waals surface area contributed by atoms with Crippen LogP contribution < -0.4 is 10.9 Å². The van der Waals surface area contributed by atoms with E-state index >= 15 is 0 Å². The molecule has 0 aliphatic carbocycles. The normalized spacial score (nSPS) is 12.4. The minimum atomic E-state index is -5.40. The summed E-state index contributed by atoms with van der Waals surface area (Å²) in [7, 11) is -1.07. The zero-order chi connectivity index (χ0) is 19.2. The largest absolute Gasteiger partial charge is 0.422 e. The summed E-state index contributed by atoms with van der Waals surface area (Å²) in [4.78, 5) is 0. The molecule has 25 heavy (non-hydrogen) atoms. The highest BCUT2D eigenvalue weighted by molar-refractivity contribution is 6.67. The SMILES string of the molecule is Fc1ccc(Bc2ccc(F)c(C(F)(F)F)c2F)c(F)c1C(F)(F)F. The van der Waals surface area contributed by atoms with Crippen molar-refractivity contribution in [3.05, 3.63) is 58.7 Å². The maximum absolute atomic E-state index is 13.9. The maximum Gasteiger partial charge on any atom is 0.422 e. The van der Waals surface area contributed by atoms with E-state index in [4.69, 9.17) is 0 Å². The van der Waals surface area contributed by atoms with Gasteiger partial charge < -0.3 is 0 Å². The van der Waals surface area contributed by atoms with Gasteiger partial charge in [-0.25, -0.2) is 17.6 Å². The van der Waals surface area contributed by atoms with Crippen LogP contribution in [-0.4, -0.2) is 7.28 Å². The summed E-state index contributed by atoms with van der Waals surface area (Å²) in [6.07, 6.45) is -10.8. The number of benzene rings is 2. The maximum atomic E-state index is 13.9. The van der Waals surface area contributed by atoms with E-state index in [9.17, 15) is 43.9 Å². The summed E-state index contributed by atoms with van der Waals surface area (Å²) in [6.45, 7) is 0. The van der Waals surface area contributed by atoms with Crippen molar-refractivity contribution >= 4 is 18.2 Å². The first-order valence-electron chi connectivity index (χ1n) is 6.42.